The van der Waals surface area contributed by atoms with Crippen LogP contribution in [0.5, 0.6) is 11.5 Å². The summed E-state index contributed by atoms with van der Waals surface area (Å²) in [7, 11) is 1.59. The first-order valence-corrected chi connectivity index (χ1v) is 13.7. The molecule has 1 aliphatic heterocycles. The molecule has 210 valence electrons. The van der Waals surface area contributed by atoms with Crippen LogP contribution in [0, 0.1) is 5.82 Å². The van der Waals surface area contributed by atoms with Crippen molar-refractivity contribution in [1.82, 2.24) is 19.6 Å². The molecule has 1 aliphatic rings. The van der Waals surface area contributed by atoms with Gasteiger partial charge < -0.3 is 9.64 Å². The number of amides is 3. The third-order valence-corrected chi connectivity index (χ3v) is 7.24. The molecule has 3 aromatic carbocycles. The number of benzene rings is 3. The lowest BCUT2D eigenvalue weighted by Gasteiger charge is -2.20. The third-order valence-electron chi connectivity index (χ3n) is 6.71. The van der Waals surface area contributed by atoms with Crippen LogP contribution in [0.3, 0.4) is 0 Å². The third kappa shape index (κ3) is 5.78. The summed E-state index contributed by atoms with van der Waals surface area (Å²) in [5.41, 5.74) is 1.17. The first-order valence-electron chi connectivity index (χ1n) is 12.9. The highest BCUT2D eigenvalue weighted by Gasteiger charge is 2.37. The number of rotatable bonds is 7. The maximum atomic E-state index is 14.3. The van der Waals surface area contributed by atoms with Crippen molar-refractivity contribution in [1.29, 1.82) is 0 Å². The first kappa shape index (κ1) is 28.2. The molecule has 0 N–H and O–H groups in total. The van der Waals surface area contributed by atoms with E-state index in [1.54, 1.807) is 54.3 Å². The van der Waals surface area contributed by atoms with Gasteiger partial charge in [0.2, 0.25) is 0 Å². The molecule has 4 aromatic rings. The van der Waals surface area contributed by atoms with Crippen LogP contribution >= 0.6 is 15.9 Å². The van der Waals surface area contributed by atoms with Crippen molar-refractivity contribution < 1.29 is 23.5 Å². The Morgan fingerprint density at radius 3 is 2.24 bits per heavy atom. The standard InChI is InChI=1S/C31H28BrFN4O4/c1-31(2,3)37-17-25(26(34-37)18-36-29(39)23-7-5-6-8-24(23)30(36)40)28(38)35(4)16-19-15-21(33)11-14-27(19)41-22-12-9-20(32)10-13-22/h5-15,17H,16,18H2,1-4H3. The van der Waals surface area contributed by atoms with E-state index in [0.717, 1.165) is 9.37 Å². The van der Waals surface area contributed by atoms with Gasteiger partial charge in [-0.05, 0) is 75.4 Å². The van der Waals surface area contributed by atoms with E-state index in [-0.39, 0.29) is 24.3 Å². The Morgan fingerprint density at radius 2 is 1.63 bits per heavy atom. The predicted octanol–water partition coefficient (Wildman–Crippen LogP) is 6.40. The molecule has 0 aliphatic carbocycles. The number of halogens is 2. The minimum atomic E-state index is -0.470. The second-order valence-electron chi connectivity index (χ2n) is 10.8. The van der Waals surface area contributed by atoms with Crippen molar-refractivity contribution in [2.24, 2.45) is 0 Å². The van der Waals surface area contributed by atoms with E-state index in [1.165, 1.54) is 23.1 Å². The smallest absolute Gasteiger partial charge is 0.261 e. The molecule has 41 heavy (non-hydrogen) atoms. The molecule has 3 amide bonds. The minimum absolute atomic E-state index is 0.0373. The van der Waals surface area contributed by atoms with Crippen molar-refractivity contribution in [2.45, 2.75) is 39.4 Å². The molecule has 0 atom stereocenters. The minimum Gasteiger partial charge on any atom is -0.457 e. The lowest BCUT2D eigenvalue weighted by molar-refractivity contribution is 0.0634. The molecule has 8 nitrogen and oxygen atoms in total. The average Bonchev–Trinajstić information content (AvgIpc) is 3.47. The number of hydrogen-bond acceptors (Lipinski definition) is 5. The van der Waals surface area contributed by atoms with Crippen LogP contribution in [0.2, 0.25) is 0 Å². The Morgan fingerprint density at radius 1 is 1.00 bits per heavy atom. The van der Waals surface area contributed by atoms with E-state index in [9.17, 15) is 18.8 Å². The van der Waals surface area contributed by atoms with Crippen molar-refractivity contribution in [3.63, 3.8) is 0 Å². The fraction of sp³-hybridized carbons (Fsp3) is 0.226. The molecular weight excluding hydrogens is 591 g/mol. The van der Waals surface area contributed by atoms with Gasteiger partial charge in [0.25, 0.3) is 17.7 Å². The number of carbonyl (C=O) groups is 3. The summed E-state index contributed by atoms with van der Waals surface area (Å²) in [6.45, 7) is 5.67. The van der Waals surface area contributed by atoms with E-state index in [2.05, 4.69) is 21.0 Å². The zero-order chi connectivity index (χ0) is 29.5. The summed E-state index contributed by atoms with van der Waals surface area (Å²) in [6, 6.07) is 18.0. The fourth-order valence-corrected chi connectivity index (χ4v) is 4.78. The topological polar surface area (TPSA) is 84.7 Å². The van der Waals surface area contributed by atoms with Crippen molar-refractivity contribution >= 4 is 33.7 Å². The van der Waals surface area contributed by atoms with Gasteiger partial charge >= 0.3 is 0 Å². The number of carbonyl (C=O) groups excluding carboxylic acids is 3. The zero-order valence-electron chi connectivity index (χ0n) is 23.0. The van der Waals surface area contributed by atoms with Gasteiger partial charge in [-0.2, -0.15) is 5.10 Å². The van der Waals surface area contributed by atoms with E-state index in [1.807, 2.05) is 32.9 Å². The molecule has 2 heterocycles. The fourth-order valence-electron chi connectivity index (χ4n) is 4.51. The largest absolute Gasteiger partial charge is 0.457 e. The monoisotopic (exact) mass is 618 g/mol. The van der Waals surface area contributed by atoms with Gasteiger partial charge in [-0.3, -0.25) is 24.0 Å². The van der Waals surface area contributed by atoms with E-state index >= 15 is 0 Å². The van der Waals surface area contributed by atoms with Crippen LogP contribution in [0.1, 0.15) is 63.1 Å². The maximum absolute atomic E-state index is 14.3. The Hall–Kier alpha value is -4.31. The van der Waals surface area contributed by atoms with Gasteiger partial charge in [-0.15, -0.1) is 0 Å². The van der Waals surface area contributed by atoms with E-state index < -0.39 is 29.1 Å². The van der Waals surface area contributed by atoms with Gasteiger partial charge in [-0.1, -0.05) is 28.1 Å². The predicted molar refractivity (Wildman–Crippen MR) is 154 cm³/mol. The number of hydrogen-bond donors (Lipinski definition) is 0. The zero-order valence-corrected chi connectivity index (χ0v) is 24.6. The molecule has 5 rings (SSSR count). The maximum Gasteiger partial charge on any atom is 0.261 e. The van der Waals surface area contributed by atoms with Gasteiger partial charge in [0, 0.05) is 29.8 Å². The summed E-state index contributed by atoms with van der Waals surface area (Å²) in [6.07, 6.45) is 1.62. The van der Waals surface area contributed by atoms with Gasteiger partial charge in [0.15, 0.2) is 0 Å². The number of ether oxygens (including phenoxy) is 1. The highest BCUT2D eigenvalue weighted by Crippen LogP contribution is 2.30. The van der Waals surface area contributed by atoms with Crippen LogP contribution in [0.15, 0.2) is 77.4 Å². The van der Waals surface area contributed by atoms with Crippen molar-refractivity contribution in [3.05, 3.63) is 111 Å². The average molecular weight is 619 g/mol. The van der Waals surface area contributed by atoms with E-state index in [4.69, 9.17) is 4.74 Å². The molecule has 10 heteroatoms. The van der Waals surface area contributed by atoms with Crippen molar-refractivity contribution in [2.75, 3.05) is 7.05 Å². The molecule has 0 fully saturated rings. The summed E-state index contributed by atoms with van der Waals surface area (Å²) >= 11 is 3.39. The van der Waals surface area contributed by atoms with Crippen LogP contribution in [-0.2, 0) is 18.6 Å². The van der Waals surface area contributed by atoms with E-state index in [0.29, 0.717) is 28.2 Å². The molecule has 0 radical (unpaired) electrons. The molecule has 0 bridgehead atoms. The lowest BCUT2D eigenvalue weighted by atomic mass is 10.1. The molecule has 0 spiro atoms. The molecule has 0 unspecified atom stereocenters. The lowest BCUT2D eigenvalue weighted by Crippen LogP contribution is -2.32. The molecular formula is C31H28BrFN4O4. The molecule has 1 aromatic heterocycles. The second kappa shape index (κ2) is 10.9. The summed E-state index contributed by atoms with van der Waals surface area (Å²) in [5.74, 6) is -0.758. The second-order valence-corrected chi connectivity index (χ2v) is 11.7. The first-order chi connectivity index (χ1) is 19.4. The Balaban J connectivity index is 1.43. The highest BCUT2D eigenvalue weighted by molar-refractivity contribution is 9.10. The number of imide groups is 1. The number of nitrogens with zero attached hydrogens (tertiary/aromatic N) is 4. The normalized spacial score (nSPS) is 13.0. The summed E-state index contributed by atoms with van der Waals surface area (Å²) < 4.78 is 22.8. The number of aromatic nitrogens is 2. The quantitative estimate of drug-likeness (QED) is 0.224. The van der Waals surface area contributed by atoms with Crippen LogP contribution < -0.4 is 4.74 Å². The summed E-state index contributed by atoms with van der Waals surface area (Å²) in [4.78, 5) is 42.4. The summed E-state index contributed by atoms with van der Waals surface area (Å²) in [5, 5.41) is 4.62. The van der Waals surface area contributed by atoms with Gasteiger partial charge in [0.1, 0.15) is 17.3 Å². The SMILES string of the molecule is CN(Cc1cc(F)ccc1Oc1ccc(Br)cc1)C(=O)c1cn(C(C)(C)C)nc1CN1C(=O)c2ccccc2C1=O. The number of fused-ring (bicyclic) bond motifs is 1. The van der Waals surface area contributed by atoms with Crippen LogP contribution in [0.25, 0.3) is 0 Å². The van der Waals surface area contributed by atoms with Gasteiger partial charge in [0.05, 0.1) is 34.5 Å². The van der Waals surface area contributed by atoms with Crippen LogP contribution in [0.4, 0.5) is 4.39 Å². The Bertz CT molecular complexity index is 1620. The Kier molecular flexibility index (Phi) is 7.52. The molecule has 0 saturated heterocycles. The van der Waals surface area contributed by atoms with Gasteiger partial charge in [-0.25, -0.2) is 4.39 Å². The highest BCUT2D eigenvalue weighted by atomic mass is 79.9. The van der Waals surface area contributed by atoms with Crippen LogP contribution in [-0.4, -0.2) is 44.3 Å². The molecule has 0 saturated carbocycles. The van der Waals surface area contributed by atoms with Crippen molar-refractivity contribution in [3.8, 4) is 11.5 Å². The Labute approximate surface area is 245 Å².